The molecule has 0 radical (unpaired) electrons. The number of amides is 6. The first-order valence-electron chi connectivity index (χ1n) is 14.5. The predicted octanol–water partition coefficient (Wildman–Crippen LogP) is -0.807. The fourth-order valence-corrected chi connectivity index (χ4v) is 5.04. The lowest BCUT2D eigenvalue weighted by Crippen LogP contribution is -2.55. The Balaban J connectivity index is 1.42. The fraction of sp³-hybridized carbons (Fsp3) is 0.552. The van der Waals surface area contributed by atoms with Gasteiger partial charge in [0.15, 0.2) is 0 Å². The zero-order valence-corrected chi connectivity index (χ0v) is 25.1. The number of alkyl carbamates (subject to hydrolysis) is 1. The Kier molecular flexibility index (Phi) is 12.5. The van der Waals surface area contributed by atoms with Crippen LogP contribution in [-0.2, 0) is 44.8 Å². The second-order valence-electron chi connectivity index (χ2n) is 10.6. The number of esters is 1. The number of likely N-dealkylation sites (tertiary alicyclic amines) is 2. The highest BCUT2D eigenvalue weighted by Gasteiger charge is 2.37. The van der Waals surface area contributed by atoms with Crippen molar-refractivity contribution in [3.63, 3.8) is 0 Å². The van der Waals surface area contributed by atoms with E-state index in [4.69, 9.17) is 4.74 Å². The Morgan fingerprint density at radius 2 is 1.32 bits per heavy atom. The zero-order chi connectivity index (χ0) is 32.2. The third-order valence-electron chi connectivity index (χ3n) is 7.43. The molecule has 0 saturated carbocycles. The van der Waals surface area contributed by atoms with Crippen molar-refractivity contribution < 1.29 is 43.0 Å². The van der Waals surface area contributed by atoms with Gasteiger partial charge < -0.3 is 40.5 Å². The van der Waals surface area contributed by atoms with Crippen molar-refractivity contribution >= 4 is 41.6 Å². The minimum absolute atomic E-state index is 0.0471. The van der Waals surface area contributed by atoms with Gasteiger partial charge >= 0.3 is 12.1 Å². The van der Waals surface area contributed by atoms with E-state index in [1.807, 2.05) is 18.2 Å². The molecule has 0 unspecified atom stereocenters. The van der Waals surface area contributed by atoms with Gasteiger partial charge in [0.1, 0.15) is 37.3 Å². The van der Waals surface area contributed by atoms with Crippen LogP contribution in [0.2, 0.25) is 0 Å². The molecular formula is C29H40N6O9. The summed E-state index contributed by atoms with van der Waals surface area (Å²) >= 11 is 0. The van der Waals surface area contributed by atoms with E-state index in [-0.39, 0.29) is 13.2 Å². The molecule has 4 atom stereocenters. The van der Waals surface area contributed by atoms with Crippen LogP contribution < -0.4 is 21.3 Å². The van der Waals surface area contributed by atoms with Crippen molar-refractivity contribution in [2.24, 2.45) is 0 Å². The van der Waals surface area contributed by atoms with E-state index in [9.17, 15) is 33.6 Å². The van der Waals surface area contributed by atoms with Crippen LogP contribution >= 0.6 is 0 Å². The first-order chi connectivity index (χ1) is 21.0. The van der Waals surface area contributed by atoms with E-state index in [0.29, 0.717) is 38.8 Å². The molecule has 3 rings (SSSR count). The first kappa shape index (κ1) is 33.8. The van der Waals surface area contributed by atoms with Gasteiger partial charge in [0.05, 0.1) is 13.7 Å². The lowest BCUT2D eigenvalue weighted by atomic mass is 10.2. The van der Waals surface area contributed by atoms with Crippen molar-refractivity contribution in [3.05, 3.63) is 35.9 Å². The second-order valence-corrected chi connectivity index (χ2v) is 10.6. The van der Waals surface area contributed by atoms with Gasteiger partial charge in [-0.05, 0) is 45.1 Å². The Morgan fingerprint density at radius 3 is 1.86 bits per heavy atom. The van der Waals surface area contributed by atoms with Gasteiger partial charge in [0.2, 0.25) is 29.5 Å². The third-order valence-corrected chi connectivity index (χ3v) is 7.43. The summed E-state index contributed by atoms with van der Waals surface area (Å²) in [6.45, 7) is 2.85. The summed E-state index contributed by atoms with van der Waals surface area (Å²) in [4.78, 5) is 90.1. The Hall–Kier alpha value is -4.69. The number of methoxy groups -OCH3 is 1. The maximum absolute atomic E-state index is 12.9. The molecule has 1 aromatic rings. The smallest absolute Gasteiger partial charge is 0.407 e. The van der Waals surface area contributed by atoms with Crippen LogP contribution in [0.4, 0.5) is 4.79 Å². The Labute approximate surface area is 255 Å². The minimum Gasteiger partial charge on any atom is -0.467 e. The highest BCUT2D eigenvalue weighted by atomic mass is 16.5. The van der Waals surface area contributed by atoms with E-state index >= 15 is 0 Å². The third kappa shape index (κ3) is 9.41. The normalized spacial score (nSPS) is 18.9. The van der Waals surface area contributed by atoms with Crippen molar-refractivity contribution in [3.8, 4) is 0 Å². The quantitative estimate of drug-likeness (QED) is 0.218. The van der Waals surface area contributed by atoms with Crippen molar-refractivity contribution in [1.29, 1.82) is 0 Å². The standard InChI is InChI=1S/C29H40N6O9/c1-18(25(38)30-15-23(36)34-13-8-12-22(34)27(40)33-19(2)28(41)43-3)32-26(39)21-11-7-14-35(21)24(37)16-31-29(42)44-17-20-9-5-4-6-10-20/h4-6,9-10,18-19,21-22H,7-8,11-17H2,1-3H3,(H,30,38)(H,31,42)(H,32,39)(H,33,40)/t18-,19+,21-,22+/m1/s1. The van der Waals surface area contributed by atoms with E-state index < -0.39 is 72.3 Å². The number of carbonyl (C=O) groups is 7. The summed E-state index contributed by atoms with van der Waals surface area (Å²) in [5, 5.41) is 9.98. The summed E-state index contributed by atoms with van der Waals surface area (Å²) in [6.07, 6.45) is 1.18. The molecule has 0 bridgehead atoms. The number of hydrogen-bond donors (Lipinski definition) is 4. The summed E-state index contributed by atoms with van der Waals surface area (Å²) in [6, 6.07) is 5.56. The summed E-state index contributed by atoms with van der Waals surface area (Å²) in [5.74, 6) is -3.21. The van der Waals surface area contributed by atoms with Gasteiger partial charge in [-0.1, -0.05) is 30.3 Å². The van der Waals surface area contributed by atoms with E-state index in [2.05, 4.69) is 26.0 Å². The summed E-state index contributed by atoms with van der Waals surface area (Å²) in [5.41, 5.74) is 0.794. The van der Waals surface area contributed by atoms with Crippen molar-refractivity contribution in [2.75, 3.05) is 33.3 Å². The first-order valence-corrected chi connectivity index (χ1v) is 14.5. The van der Waals surface area contributed by atoms with Gasteiger partial charge in [-0.2, -0.15) is 0 Å². The maximum Gasteiger partial charge on any atom is 0.407 e. The monoisotopic (exact) mass is 616 g/mol. The van der Waals surface area contributed by atoms with Crippen LogP contribution in [0, 0.1) is 0 Å². The molecule has 2 saturated heterocycles. The molecular weight excluding hydrogens is 576 g/mol. The lowest BCUT2D eigenvalue weighted by Gasteiger charge is -2.26. The number of benzene rings is 1. The number of rotatable bonds is 12. The van der Waals surface area contributed by atoms with E-state index in [1.165, 1.54) is 30.8 Å². The summed E-state index contributed by atoms with van der Waals surface area (Å²) in [7, 11) is 1.21. The molecule has 2 heterocycles. The van der Waals surface area contributed by atoms with Crippen LogP contribution in [0.25, 0.3) is 0 Å². The molecule has 15 nitrogen and oxygen atoms in total. The number of nitrogens with zero attached hydrogens (tertiary/aromatic N) is 2. The predicted molar refractivity (Wildman–Crippen MR) is 154 cm³/mol. The van der Waals surface area contributed by atoms with Crippen LogP contribution in [-0.4, -0.2) is 109 Å². The van der Waals surface area contributed by atoms with Gasteiger partial charge in [-0.15, -0.1) is 0 Å². The van der Waals surface area contributed by atoms with Gasteiger partial charge in [0, 0.05) is 13.1 Å². The summed E-state index contributed by atoms with van der Waals surface area (Å²) < 4.78 is 9.71. The molecule has 2 fully saturated rings. The molecule has 6 amide bonds. The molecule has 44 heavy (non-hydrogen) atoms. The molecule has 15 heteroatoms. The number of nitrogens with one attached hydrogen (secondary N) is 4. The number of carbonyl (C=O) groups excluding carboxylic acids is 7. The van der Waals surface area contributed by atoms with Crippen LogP contribution in [0.3, 0.4) is 0 Å². The topological polar surface area (TPSA) is 193 Å². The van der Waals surface area contributed by atoms with E-state index in [1.54, 1.807) is 12.1 Å². The zero-order valence-electron chi connectivity index (χ0n) is 25.1. The van der Waals surface area contributed by atoms with Crippen molar-refractivity contribution in [2.45, 2.75) is 70.3 Å². The molecule has 240 valence electrons. The Bertz CT molecular complexity index is 1230. The van der Waals surface area contributed by atoms with Gasteiger partial charge in [0.25, 0.3) is 0 Å². The molecule has 1 aromatic carbocycles. The molecule has 0 aliphatic carbocycles. The Morgan fingerprint density at radius 1 is 0.795 bits per heavy atom. The van der Waals surface area contributed by atoms with Gasteiger partial charge in [-0.25, -0.2) is 9.59 Å². The highest BCUT2D eigenvalue weighted by Crippen LogP contribution is 2.19. The SMILES string of the molecule is COC(=O)[C@H](C)NC(=O)[C@@H]1CCCN1C(=O)CNC(=O)[C@@H](C)NC(=O)[C@H]1CCCN1C(=O)CNC(=O)OCc1ccccc1. The van der Waals surface area contributed by atoms with Crippen LogP contribution in [0.15, 0.2) is 30.3 Å². The number of hydrogen-bond acceptors (Lipinski definition) is 9. The average molecular weight is 617 g/mol. The number of ether oxygens (including phenoxy) is 2. The molecule has 2 aliphatic rings. The minimum atomic E-state index is -1.02. The molecule has 0 aromatic heterocycles. The van der Waals surface area contributed by atoms with Crippen LogP contribution in [0.1, 0.15) is 45.1 Å². The molecule has 0 spiro atoms. The average Bonchev–Trinajstić information content (AvgIpc) is 3.72. The largest absolute Gasteiger partial charge is 0.467 e. The van der Waals surface area contributed by atoms with E-state index in [0.717, 1.165) is 5.56 Å². The van der Waals surface area contributed by atoms with Crippen LogP contribution in [0.5, 0.6) is 0 Å². The second kappa shape index (κ2) is 16.2. The molecule has 4 N–H and O–H groups in total. The lowest BCUT2D eigenvalue weighted by molar-refractivity contribution is -0.146. The highest BCUT2D eigenvalue weighted by molar-refractivity contribution is 5.95. The maximum atomic E-state index is 12.9. The van der Waals surface area contributed by atoms with Crippen molar-refractivity contribution in [1.82, 2.24) is 31.1 Å². The fourth-order valence-electron chi connectivity index (χ4n) is 5.04. The molecule has 2 aliphatic heterocycles. The van der Waals surface area contributed by atoms with Gasteiger partial charge in [-0.3, -0.25) is 24.0 Å².